The molecule has 1 atom stereocenters. The molecule has 0 aromatic heterocycles. The summed E-state index contributed by atoms with van der Waals surface area (Å²) < 4.78 is 12.2. The largest absolute Gasteiger partial charge is 0.448 e. The molecule has 2 nitrogen and oxygen atoms in total. The van der Waals surface area contributed by atoms with E-state index in [1.54, 1.807) is 0 Å². The molecule has 1 spiro atoms. The molecule has 2 heteroatoms. The Morgan fingerprint density at radius 1 is 0.842 bits per heavy atom. The van der Waals surface area contributed by atoms with Gasteiger partial charge in [-0.05, 0) is 30.2 Å². The second kappa shape index (κ2) is 3.89. The van der Waals surface area contributed by atoms with Crippen LogP contribution < -0.4 is 9.47 Å². The van der Waals surface area contributed by atoms with E-state index < -0.39 is 5.79 Å². The minimum absolute atomic E-state index is 0.636. The Hall–Kier alpha value is -2.22. The number of rotatable bonds is 0. The Morgan fingerprint density at radius 2 is 1.58 bits per heavy atom. The van der Waals surface area contributed by atoms with Gasteiger partial charge >= 0.3 is 0 Å². The van der Waals surface area contributed by atoms with Crippen molar-refractivity contribution in [3.63, 3.8) is 0 Å². The van der Waals surface area contributed by atoms with Crippen LogP contribution in [0.4, 0.5) is 0 Å². The Bertz CT molecular complexity index is 660. The molecule has 0 N–H and O–H groups in total. The Labute approximate surface area is 112 Å². The monoisotopic (exact) mass is 250 g/mol. The molecule has 2 aliphatic heterocycles. The normalized spacial score (nSPS) is 23.2. The zero-order valence-corrected chi connectivity index (χ0v) is 10.5. The maximum atomic E-state index is 6.11. The van der Waals surface area contributed by atoms with Gasteiger partial charge in [-0.15, -0.1) is 0 Å². The van der Waals surface area contributed by atoms with Gasteiger partial charge in [0.1, 0.15) is 11.5 Å². The topological polar surface area (TPSA) is 18.5 Å². The standard InChI is InChI=1S/C17H14O2/c1-3-7-15-13(5-1)9-11-17(18-15)12-10-14-6-2-4-8-16(14)19-17/h1-9,11H,10,12H2. The van der Waals surface area contributed by atoms with Crippen molar-refractivity contribution in [3.8, 4) is 11.5 Å². The van der Waals surface area contributed by atoms with E-state index >= 15 is 0 Å². The van der Waals surface area contributed by atoms with Gasteiger partial charge in [-0.3, -0.25) is 0 Å². The maximum absolute atomic E-state index is 6.11. The summed E-state index contributed by atoms with van der Waals surface area (Å²) in [5, 5.41) is 0. The fourth-order valence-electron chi connectivity index (χ4n) is 2.69. The highest BCUT2D eigenvalue weighted by Crippen LogP contribution is 2.39. The molecule has 0 bridgehead atoms. The van der Waals surface area contributed by atoms with E-state index in [-0.39, 0.29) is 0 Å². The molecule has 0 fully saturated rings. The van der Waals surface area contributed by atoms with Gasteiger partial charge in [-0.25, -0.2) is 0 Å². The molecular formula is C17H14O2. The summed E-state index contributed by atoms with van der Waals surface area (Å²) in [4.78, 5) is 0. The van der Waals surface area contributed by atoms with Crippen molar-refractivity contribution in [2.75, 3.05) is 0 Å². The highest BCUT2D eigenvalue weighted by Gasteiger charge is 2.38. The Morgan fingerprint density at radius 3 is 2.53 bits per heavy atom. The number of aryl methyl sites for hydroxylation is 1. The molecule has 94 valence electrons. The van der Waals surface area contributed by atoms with Gasteiger partial charge in [-0.2, -0.15) is 0 Å². The van der Waals surface area contributed by atoms with Gasteiger partial charge in [0.05, 0.1) is 0 Å². The van der Waals surface area contributed by atoms with Crippen molar-refractivity contribution in [2.24, 2.45) is 0 Å². The van der Waals surface area contributed by atoms with Crippen LogP contribution in [0.2, 0.25) is 0 Å². The van der Waals surface area contributed by atoms with Crippen molar-refractivity contribution in [1.82, 2.24) is 0 Å². The summed E-state index contributed by atoms with van der Waals surface area (Å²) >= 11 is 0. The second-order valence-corrected chi connectivity index (χ2v) is 4.99. The molecule has 0 radical (unpaired) electrons. The summed E-state index contributed by atoms with van der Waals surface area (Å²) in [5.41, 5.74) is 2.36. The SMILES string of the molecule is C1=CC2(CCc3ccccc3O2)Oc2ccccc21. The Kier molecular flexibility index (Phi) is 2.18. The van der Waals surface area contributed by atoms with Crippen molar-refractivity contribution in [3.05, 3.63) is 65.7 Å². The first-order valence-corrected chi connectivity index (χ1v) is 6.59. The predicted molar refractivity (Wildman–Crippen MR) is 74.2 cm³/mol. The van der Waals surface area contributed by atoms with Gasteiger partial charge in [-0.1, -0.05) is 36.4 Å². The summed E-state index contributed by atoms with van der Waals surface area (Å²) in [6.45, 7) is 0. The summed E-state index contributed by atoms with van der Waals surface area (Å²) in [6, 6.07) is 16.2. The molecule has 0 saturated carbocycles. The lowest BCUT2D eigenvalue weighted by atomic mass is 9.97. The fraction of sp³-hybridized carbons (Fsp3) is 0.176. The first-order valence-electron chi connectivity index (χ1n) is 6.59. The zero-order chi connectivity index (χ0) is 12.7. The van der Waals surface area contributed by atoms with Crippen molar-refractivity contribution in [2.45, 2.75) is 18.6 Å². The molecule has 4 rings (SSSR count). The van der Waals surface area contributed by atoms with Crippen molar-refractivity contribution < 1.29 is 9.47 Å². The van der Waals surface area contributed by atoms with Gasteiger partial charge in [0.25, 0.3) is 5.79 Å². The molecule has 2 aliphatic rings. The van der Waals surface area contributed by atoms with E-state index in [0.717, 1.165) is 29.9 Å². The summed E-state index contributed by atoms with van der Waals surface area (Å²) in [5.74, 6) is 1.19. The minimum Gasteiger partial charge on any atom is -0.448 e. The smallest absolute Gasteiger partial charge is 0.271 e. The van der Waals surface area contributed by atoms with Crippen molar-refractivity contribution >= 4 is 6.08 Å². The van der Waals surface area contributed by atoms with Gasteiger partial charge in [0.15, 0.2) is 0 Å². The third-order valence-corrected chi connectivity index (χ3v) is 3.72. The van der Waals surface area contributed by atoms with Crippen LogP contribution in [-0.4, -0.2) is 5.79 Å². The van der Waals surface area contributed by atoms with Crippen LogP contribution in [0, 0.1) is 0 Å². The second-order valence-electron chi connectivity index (χ2n) is 4.99. The molecule has 0 amide bonds. The van der Waals surface area contributed by atoms with Crippen LogP contribution in [0.3, 0.4) is 0 Å². The lowest BCUT2D eigenvalue weighted by Gasteiger charge is -2.38. The summed E-state index contributed by atoms with van der Waals surface area (Å²) in [7, 11) is 0. The molecule has 2 heterocycles. The number of fused-ring (bicyclic) bond motifs is 2. The van der Waals surface area contributed by atoms with Gasteiger partial charge in [0, 0.05) is 18.1 Å². The lowest BCUT2D eigenvalue weighted by molar-refractivity contribution is -0.0863. The number of hydrogen-bond acceptors (Lipinski definition) is 2. The predicted octanol–water partition coefficient (Wildman–Crippen LogP) is 3.81. The van der Waals surface area contributed by atoms with E-state index in [4.69, 9.17) is 9.47 Å². The number of para-hydroxylation sites is 2. The van der Waals surface area contributed by atoms with Crippen LogP contribution in [0.1, 0.15) is 17.5 Å². The molecular weight excluding hydrogens is 236 g/mol. The molecule has 0 aliphatic carbocycles. The minimum atomic E-state index is -0.636. The molecule has 1 unspecified atom stereocenters. The van der Waals surface area contributed by atoms with Gasteiger partial charge < -0.3 is 9.47 Å². The third kappa shape index (κ3) is 1.72. The molecule has 2 aromatic carbocycles. The molecule has 0 saturated heterocycles. The summed E-state index contributed by atoms with van der Waals surface area (Å²) in [6.07, 6.45) is 5.94. The van der Waals surface area contributed by atoms with E-state index in [9.17, 15) is 0 Å². The van der Waals surface area contributed by atoms with Crippen molar-refractivity contribution in [1.29, 1.82) is 0 Å². The van der Waals surface area contributed by atoms with Crippen LogP contribution in [-0.2, 0) is 6.42 Å². The molecule has 2 aromatic rings. The highest BCUT2D eigenvalue weighted by molar-refractivity contribution is 5.61. The number of benzene rings is 2. The van der Waals surface area contributed by atoms with Crippen LogP contribution in [0.5, 0.6) is 11.5 Å². The number of hydrogen-bond donors (Lipinski definition) is 0. The van der Waals surface area contributed by atoms with Gasteiger partial charge in [0.2, 0.25) is 0 Å². The average Bonchev–Trinajstić information content (AvgIpc) is 2.47. The quantitative estimate of drug-likeness (QED) is 0.707. The van der Waals surface area contributed by atoms with E-state index in [2.05, 4.69) is 18.2 Å². The average molecular weight is 250 g/mol. The first kappa shape index (κ1) is 10.7. The van der Waals surface area contributed by atoms with E-state index in [1.807, 2.05) is 42.5 Å². The van der Waals surface area contributed by atoms with E-state index in [0.29, 0.717) is 0 Å². The number of ether oxygens (including phenoxy) is 2. The first-order chi connectivity index (χ1) is 9.35. The molecule has 19 heavy (non-hydrogen) atoms. The maximum Gasteiger partial charge on any atom is 0.271 e. The lowest BCUT2D eigenvalue weighted by Crippen LogP contribution is -2.44. The Balaban J connectivity index is 1.72. The van der Waals surface area contributed by atoms with Crippen LogP contribution in [0.25, 0.3) is 6.08 Å². The van der Waals surface area contributed by atoms with E-state index in [1.165, 1.54) is 5.56 Å². The zero-order valence-electron chi connectivity index (χ0n) is 10.5. The van der Waals surface area contributed by atoms with Crippen LogP contribution >= 0.6 is 0 Å². The third-order valence-electron chi connectivity index (χ3n) is 3.72. The van der Waals surface area contributed by atoms with Crippen LogP contribution in [0.15, 0.2) is 54.6 Å². The highest BCUT2D eigenvalue weighted by atomic mass is 16.7. The fourth-order valence-corrected chi connectivity index (χ4v) is 2.69.